The van der Waals surface area contributed by atoms with Crippen LogP contribution in [0.4, 0.5) is 4.79 Å². The van der Waals surface area contributed by atoms with E-state index in [1.54, 1.807) is 9.80 Å². The minimum atomic E-state index is -1.14. The fourth-order valence-corrected chi connectivity index (χ4v) is 7.67. The molecule has 20 heteroatoms. The van der Waals surface area contributed by atoms with Crippen LogP contribution in [0.5, 0.6) is 0 Å². The van der Waals surface area contributed by atoms with Crippen LogP contribution < -0.4 is 5.32 Å². The smallest absolute Gasteiger partial charge is 0.407 e. The number of likely N-dealkylation sites (tertiary alicyclic amines) is 2. The fraction of sp³-hybridized carbons (Fsp3) is 0.429. The number of aromatic nitrogens is 4. The number of aromatic amines is 2. The molecular formula is C42H62N8O8S4. The molecule has 342 valence electrons. The van der Waals surface area contributed by atoms with Gasteiger partial charge in [-0.05, 0) is 86.1 Å². The SMILES string of the molecule is C.C.COOC=NC(C(=O)N1CCC[C@H]1c1nc2ccc(-c3ccc(-c4ccc5nc([C@@H]6CCCN6C(=O)C(NC(=O)OC)[C@@H](C)O)[nH]c5c4)cc3)cc2[nH]1)[C@@H](C)O.S.S.S.S. The Labute approximate surface area is 390 Å². The van der Waals surface area contributed by atoms with E-state index in [9.17, 15) is 24.6 Å². The Bertz CT molecular complexity index is 2250. The highest BCUT2D eigenvalue weighted by Crippen LogP contribution is 2.36. The summed E-state index contributed by atoms with van der Waals surface area (Å²) >= 11 is 0. The van der Waals surface area contributed by atoms with Crippen molar-refractivity contribution in [3.8, 4) is 22.3 Å². The van der Waals surface area contributed by atoms with Crippen LogP contribution in [0.3, 0.4) is 0 Å². The maximum Gasteiger partial charge on any atom is 0.407 e. The van der Waals surface area contributed by atoms with Crippen molar-refractivity contribution in [2.24, 2.45) is 4.99 Å². The summed E-state index contributed by atoms with van der Waals surface area (Å²) in [6, 6.07) is 17.6. The first-order valence-corrected chi connectivity index (χ1v) is 18.7. The Hall–Kier alpha value is -4.44. The molecule has 2 saturated heterocycles. The monoisotopic (exact) mass is 934 g/mol. The van der Waals surface area contributed by atoms with Crippen molar-refractivity contribution in [3.05, 3.63) is 72.3 Å². The van der Waals surface area contributed by atoms with Gasteiger partial charge in [0.05, 0.1) is 60.6 Å². The number of aliphatic imine (C=N–C) groups is 1. The zero-order chi connectivity index (χ0) is 39.5. The number of methoxy groups -OCH3 is 1. The maximum absolute atomic E-state index is 13.5. The lowest BCUT2D eigenvalue weighted by atomic mass is 10.00. The molecule has 6 atom stereocenters. The van der Waals surface area contributed by atoms with Gasteiger partial charge in [-0.1, -0.05) is 51.3 Å². The van der Waals surface area contributed by atoms with Crippen LogP contribution in [-0.2, 0) is 24.1 Å². The molecule has 0 bridgehead atoms. The number of amides is 3. The minimum Gasteiger partial charge on any atom is -0.453 e. The molecule has 0 spiro atoms. The molecule has 4 heterocycles. The van der Waals surface area contributed by atoms with Crippen LogP contribution in [0, 0.1) is 0 Å². The van der Waals surface area contributed by atoms with Gasteiger partial charge in [0.25, 0.3) is 5.91 Å². The number of imidazole rings is 2. The number of rotatable bonds is 12. The van der Waals surface area contributed by atoms with Gasteiger partial charge in [-0.2, -0.15) is 58.9 Å². The van der Waals surface area contributed by atoms with E-state index >= 15 is 0 Å². The van der Waals surface area contributed by atoms with E-state index in [1.807, 2.05) is 30.3 Å². The topological polar surface area (TPSA) is 208 Å². The number of nitrogens with one attached hydrogen (secondary N) is 3. The standard InChI is InChI=1S/C40H46N8O8.2CH4.4H2S/c1-22(49)34(41-21-56-55-4)38(51)47-17-5-7-32(47)36-42-28-15-13-26(19-30(28)44-36)24-9-11-25(12-10-24)27-14-16-29-31(20-27)45-37(43-29)33-8-6-18-48(33)39(52)35(23(2)50)46-40(53)54-3;;;;;;/h9-16,19-23,32-35,49-50H,5-8,17-18H2,1-4H3,(H,42,44)(H,43,45)(H,46,53);2*1H4;4*1H2/t22-,23-,32+,33+,34?,35?;;;;;;/m1....../s1. The summed E-state index contributed by atoms with van der Waals surface area (Å²) in [5.41, 5.74) is 7.27. The average molecular weight is 935 g/mol. The Kier molecular flexibility index (Phi) is 21.9. The van der Waals surface area contributed by atoms with E-state index in [0.29, 0.717) is 31.2 Å². The molecule has 2 unspecified atom stereocenters. The molecule has 7 rings (SSSR count). The van der Waals surface area contributed by atoms with Crippen LogP contribution in [-0.4, -0.2) is 116 Å². The van der Waals surface area contributed by atoms with Gasteiger partial charge in [-0.3, -0.25) is 9.59 Å². The summed E-state index contributed by atoms with van der Waals surface area (Å²) in [6.07, 6.45) is 1.09. The fourth-order valence-electron chi connectivity index (χ4n) is 7.67. The Balaban J connectivity index is 0.00000320. The summed E-state index contributed by atoms with van der Waals surface area (Å²) in [5, 5.41) is 23.0. The van der Waals surface area contributed by atoms with Gasteiger partial charge in [0.1, 0.15) is 17.7 Å². The number of H-pyrrole nitrogens is 2. The van der Waals surface area contributed by atoms with Crippen LogP contribution in [0.1, 0.15) is 78.1 Å². The molecule has 3 aromatic carbocycles. The van der Waals surface area contributed by atoms with Gasteiger partial charge in [0.2, 0.25) is 12.3 Å². The first-order valence-electron chi connectivity index (χ1n) is 18.7. The van der Waals surface area contributed by atoms with Crippen molar-refractivity contribution in [2.75, 3.05) is 27.3 Å². The molecule has 2 aliphatic heterocycles. The van der Waals surface area contributed by atoms with Gasteiger partial charge >= 0.3 is 6.09 Å². The maximum atomic E-state index is 13.5. The first-order chi connectivity index (χ1) is 27.1. The second kappa shape index (κ2) is 24.4. The molecule has 62 heavy (non-hydrogen) atoms. The molecule has 0 aliphatic carbocycles. The number of hydrogen-bond acceptors (Lipinski definition) is 11. The summed E-state index contributed by atoms with van der Waals surface area (Å²) in [5.74, 6) is 0.634. The lowest BCUT2D eigenvalue weighted by molar-refractivity contribution is -0.188. The highest BCUT2D eigenvalue weighted by atomic mass is 32.1. The zero-order valence-corrected chi connectivity index (χ0v) is 37.6. The van der Waals surface area contributed by atoms with Crippen LogP contribution in [0.25, 0.3) is 44.3 Å². The number of alkyl carbamates (subject to hydrolysis) is 1. The normalized spacial score (nSPS) is 17.5. The Morgan fingerprint density at radius 1 is 0.742 bits per heavy atom. The number of fused-ring (bicyclic) bond motifs is 2. The lowest BCUT2D eigenvalue weighted by Crippen LogP contribution is -2.53. The summed E-state index contributed by atoms with van der Waals surface area (Å²) in [4.78, 5) is 72.0. The van der Waals surface area contributed by atoms with Gasteiger partial charge < -0.3 is 44.9 Å². The van der Waals surface area contributed by atoms with Crippen molar-refractivity contribution in [2.45, 2.75) is 90.8 Å². The van der Waals surface area contributed by atoms with Crippen molar-refractivity contribution in [1.82, 2.24) is 35.1 Å². The Morgan fingerprint density at radius 3 is 1.61 bits per heavy atom. The Morgan fingerprint density at radius 2 is 1.19 bits per heavy atom. The number of carbonyl (C=O) groups is 3. The van der Waals surface area contributed by atoms with Gasteiger partial charge in [0, 0.05) is 13.1 Å². The molecule has 0 radical (unpaired) electrons. The van der Waals surface area contributed by atoms with Crippen LogP contribution in [0.2, 0.25) is 0 Å². The minimum absolute atomic E-state index is 0. The molecule has 5 N–H and O–H groups in total. The van der Waals surface area contributed by atoms with Crippen molar-refractivity contribution in [3.63, 3.8) is 0 Å². The summed E-state index contributed by atoms with van der Waals surface area (Å²) in [6.45, 7) is 3.98. The quantitative estimate of drug-likeness (QED) is 0.0409. The summed E-state index contributed by atoms with van der Waals surface area (Å²) in [7, 11) is 2.54. The number of nitrogens with zero attached hydrogens (tertiary/aromatic N) is 5. The lowest BCUT2D eigenvalue weighted by Gasteiger charge is -2.29. The van der Waals surface area contributed by atoms with E-state index in [2.05, 4.69) is 60.2 Å². The first kappa shape index (κ1) is 55.6. The van der Waals surface area contributed by atoms with E-state index < -0.39 is 36.3 Å². The van der Waals surface area contributed by atoms with Crippen LogP contribution >= 0.6 is 54.0 Å². The third kappa shape index (κ3) is 11.8. The third-order valence-electron chi connectivity index (χ3n) is 10.5. The highest BCUT2D eigenvalue weighted by molar-refractivity contribution is 7.59. The molecule has 2 aromatic heterocycles. The van der Waals surface area contributed by atoms with E-state index in [-0.39, 0.29) is 86.8 Å². The largest absolute Gasteiger partial charge is 0.453 e. The van der Waals surface area contributed by atoms with E-state index in [4.69, 9.17) is 14.9 Å². The molecular weight excluding hydrogens is 873 g/mol. The number of hydrogen-bond donors (Lipinski definition) is 5. The van der Waals surface area contributed by atoms with Gasteiger partial charge in [0.15, 0.2) is 6.04 Å². The molecule has 2 fully saturated rings. The highest BCUT2D eigenvalue weighted by Gasteiger charge is 2.39. The van der Waals surface area contributed by atoms with Gasteiger partial charge in [-0.15, -0.1) is 0 Å². The molecule has 2 aliphatic rings. The van der Waals surface area contributed by atoms with Crippen molar-refractivity contribution >= 4 is 100 Å². The van der Waals surface area contributed by atoms with Crippen molar-refractivity contribution in [1.29, 1.82) is 0 Å². The second-order valence-electron chi connectivity index (χ2n) is 14.2. The molecule has 16 nitrogen and oxygen atoms in total. The molecule has 5 aromatic rings. The number of benzene rings is 3. The second-order valence-corrected chi connectivity index (χ2v) is 14.2. The number of aliphatic hydroxyl groups is 2. The van der Waals surface area contributed by atoms with Crippen LogP contribution in [0.15, 0.2) is 65.7 Å². The molecule has 3 amide bonds. The zero-order valence-electron chi connectivity index (χ0n) is 33.6. The van der Waals surface area contributed by atoms with E-state index in [1.165, 1.54) is 28.1 Å². The van der Waals surface area contributed by atoms with Gasteiger partial charge in [-0.25, -0.2) is 19.8 Å². The predicted octanol–water partition coefficient (Wildman–Crippen LogP) is 6.28. The number of carbonyl (C=O) groups excluding carboxylic acids is 3. The number of aliphatic hydroxyl groups excluding tert-OH is 2. The molecule has 0 saturated carbocycles. The summed E-state index contributed by atoms with van der Waals surface area (Å²) < 4.78 is 4.66. The predicted molar refractivity (Wildman–Crippen MR) is 262 cm³/mol. The van der Waals surface area contributed by atoms with E-state index in [0.717, 1.165) is 70.0 Å². The van der Waals surface area contributed by atoms with Crippen molar-refractivity contribution < 1.29 is 39.1 Å². The third-order valence-corrected chi connectivity index (χ3v) is 10.5. The number of ether oxygens (including phenoxy) is 1. The average Bonchev–Trinajstić information content (AvgIpc) is 4.03.